The number of anilines is 1. The van der Waals surface area contributed by atoms with Gasteiger partial charge in [-0.25, -0.2) is 9.18 Å². The zero-order chi connectivity index (χ0) is 35.6. The van der Waals surface area contributed by atoms with Gasteiger partial charge in [-0.1, -0.05) is 70.0 Å². The van der Waals surface area contributed by atoms with Crippen molar-refractivity contribution in [3.8, 4) is 0 Å². The molecule has 1 N–H and O–H groups in total. The third-order valence-electron chi connectivity index (χ3n) is 10.8. The summed E-state index contributed by atoms with van der Waals surface area (Å²) in [5.41, 5.74) is 2.11. The molecule has 6 rings (SSSR count). The van der Waals surface area contributed by atoms with Gasteiger partial charge in [0, 0.05) is 30.6 Å². The van der Waals surface area contributed by atoms with E-state index in [1.54, 1.807) is 24.0 Å². The number of nitrogens with one attached hydrogen (secondary N) is 1. The van der Waals surface area contributed by atoms with Crippen LogP contribution in [0.5, 0.6) is 0 Å². The van der Waals surface area contributed by atoms with Crippen molar-refractivity contribution in [1.82, 2.24) is 9.80 Å². The predicted molar refractivity (Wildman–Crippen MR) is 188 cm³/mol. The molecule has 1 aliphatic carbocycles. The summed E-state index contributed by atoms with van der Waals surface area (Å²) >= 11 is 0. The fourth-order valence-electron chi connectivity index (χ4n) is 7.74. The van der Waals surface area contributed by atoms with Crippen molar-refractivity contribution in [1.29, 1.82) is 0 Å². The number of hydrogen-bond acceptors (Lipinski definition) is 7. The van der Waals surface area contributed by atoms with Crippen molar-refractivity contribution >= 4 is 29.4 Å². The van der Waals surface area contributed by atoms with Crippen LogP contribution in [0.2, 0.25) is 0 Å². The molecule has 0 unspecified atom stereocenters. The maximum atomic E-state index is 14.6. The molecular weight excluding hydrogens is 637 g/mol. The molecule has 2 fully saturated rings. The van der Waals surface area contributed by atoms with Crippen LogP contribution in [0.15, 0.2) is 54.6 Å². The molecule has 50 heavy (non-hydrogen) atoms. The first kappa shape index (κ1) is 35.6. The van der Waals surface area contributed by atoms with Crippen LogP contribution in [-0.4, -0.2) is 64.9 Å². The molecule has 1 saturated carbocycles. The Kier molecular flexibility index (Phi) is 10.4. The Morgan fingerprint density at radius 1 is 1.06 bits per heavy atom. The zero-order valence-electron chi connectivity index (χ0n) is 29.7. The van der Waals surface area contributed by atoms with Gasteiger partial charge in [0.25, 0.3) is 0 Å². The number of carbonyl (C=O) groups is 4. The summed E-state index contributed by atoms with van der Waals surface area (Å²) in [6.07, 6.45) is 7.50. The van der Waals surface area contributed by atoms with E-state index in [1.165, 1.54) is 11.0 Å². The number of halogens is 1. The second kappa shape index (κ2) is 14.6. The van der Waals surface area contributed by atoms with Crippen LogP contribution in [0.1, 0.15) is 95.8 Å². The number of allylic oxidation sites excluding steroid dienone is 2. The third kappa shape index (κ3) is 7.59. The molecule has 2 amide bonds. The molecule has 2 aromatic carbocycles. The van der Waals surface area contributed by atoms with Crippen molar-refractivity contribution in [3.05, 3.63) is 77.1 Å². The monoisotopic (exact) mass is 687 g/mol. The smallest absolute Gasteiger partial charge is 0.410 e. The summed E-state index contributed by atoms with van der Waals surface area (Å²) in [5, 5.41) is 3.50. The number of amides is 2. The average molecular weight is 688 g/mol. The largest absolute Gasteiger partial charge is 0.466 e. The Morgan fingerprint density at radius 2 is 1.86 bits per heavy atom. The molecule has 1 saturated heterocycles. The minimum absolute atomic E-state index is 0.0477. The molecule has 5 atom stereocenters. The molecular formula is C40H50FN3O6. The zero-order valence-corrected chi connectivity index (χ0v) is 29.7. The van der Waals surface area contributed by atoms with Crippen molar-refractivity contribution in [3.63, 3.8) is 0 Å². The van der Waals surface area contributed by atoms with E-state index in [0.29, 0.717) is 18.4 Å². The minimum atomic E-state index is -0.955. The number of ether oxygens (including phenoxy) is 2. The molecule has 2 aromatic rings. The molecule has 268 valence electrons. The topological polar surface area (TPSA) is 105 Å². The summed E-state index contributed by atoms with van der Waals surface area (Å²) in [4.78, 5) is 58.6. The highest BCUT2D eigenvalue weighted by atomic mass is 19.1. The maximum absolute atomic E-state index is 14.6. The molecule has 0 radical (unpaired) electrons. The van der Waals surface area contributed by atoms with Gasteiger partial charge in [0.2, 0.25) is 5.91 Å². The standard InChI is InChI=1S/C40H50FN3O6/c1-5-49-37(47)40-21-28(40)14-9-7-6-8-10-18-33(42-29-16-12-15-27(19-29)39(2,3)4)36(46)44-24-30(20-34(44)35(45)22-40)50-38(48)43-23-26-13-11-17-32(41)31(26)25-43/h9,11-17,19,28,30,33-34,42H,5-8,10,18,20-25H2,1-4H3/b14-9-/t28-,30+,33-,34-,40+/m0/s1. The Bertz CT molecular complexity index is 1650. The van der Waals surface area contributed by atoms with E-state index in [1.807, 2.05) is 12.1 Å². The van der Waals surface area contributed by atoms with Gasteiger partial charge in [0.05, 0.1) is 31.2 Å². The number of hydrogen-bond donors (Lipinski definition) is 1. The first-order valence-electron chi connectivity index (χ1n) is 18.2. The van der Waals surface area contributed by atoms with Gasteiger partial charge in [-0.2, -0.15) is 0 Å². The van der Waals surface area contributed by atoms with Gasteiger partial charge in [0.1, 0.15) is 18.0 Å². The van der Waals surface area contributed by atoms with Crippen LogP contribution in [0.3, 0.4) is 0 Å². The first-order valence-corrected chi connectivity index (χ1v) is 18.2. The average Bonchev–Trinajstić information content (AvgIpc) is 3.38. The van der Waals surface area contributed by atoms with Gasteiger partial charge in [-0.3, -0.25) is 19.3 Å². The Balaban J connectivity index is 1.27. The number of ketones is 1. The fourth-order valence-corrected chi connectivity index (χ4v) is 7.74. The van der Waals surface area contributed by atoms with Gasteiger partial charge in [0.15, 0.2) is 5.78 Å². The van der Waals surface area contributed by atoms with Crippen LogP contribution in [0.4, 0.5) is 14.9 Å². The molecule has 0 spiro atoms. The molecule has 10 heteroatoms. The second-order valence-electron chi connectivity index (χ2n) is 15.4. The van der Waals surface area contributed by atoms with E-state index >= 15 is 0 Å². The molecule has 9 nitrogen and oxygen atoms in total. The number of nitrogens with zero attached hydrogens (tertiary/aromatic N) is 2. The highest BCUT2D eigenvalue weighted by molar-refractivity contribution is 5.96. The summed E-state index contributed by atoms with van der Waals surface area (Å²) in [5.74, 6) is -1.32. The lowest BCUT2D eigenvalue weighted by Crippen LogP contribution is -2.48. The van der Waals surface area contributed by atoms with E-state index in [0.717, 1.165) is 42.5 Å². The summed E-state index contributed by atoms with van der Waals surface area (Å²) in [6, 6.07) is 11.4. The van der Waals surface area contributed by atoms with Gasteiger partial charge in [-0.05, 0) is 73.3 Å². The highest BCUT2D eigenvalue weighted by Gasteiger charge is 2.61. The molecule has 0 aromatic heterocycles. The Morgan fingerprint density at radius 3 is 2.62 bits per heavy atom. The van der Waals surface area contributed by atoms with Crippen molar-refractivity contribution in [2.45, 2.75) is 116 Å². The quantitative estimate of drug-likeness (QED) is 0.265. The number of rotatable bonds is 5. The van der Waals surface area contributed by atoms with E-state index < -0.39 is 29.7 Å². The number of fused-ring (bicyclic) bond motifs is 3. The lowest BCUT2D eigenvalue weighted by atomic mass is 9.87. The summed E-state index contributed by atoms with van der Waals surface area (Å²) in [7, 11) is 0. The van der Waals surface area contributed by atoms with Crippen molar-refractivity contribution < 1.29 is 33.0 Å². The van der Waals surface area contributed by atoms with E-state index in [4.69, 9.17) is 9.47 Å². The summed E-state index contributed by atoms with van der Waals surface area (Å²) in [6.45, 7) is 8.75. The van der Waals surface area contributed by atoms with Gasteiger partial charge >= 0.3 is 12.1 Å². The van der Waals surface area contributed by atoms with Gasteiger partial charge < -0.3 is 19.7 Å². The van der Waals surface area contributed by atoms with E-state index in [9.17, 15) is 23.6 Å². The van der Waals surface area contributed by atoms with E-state index in [2.05, 4.69) is 50.4 Å². The number of Topliss-reactive ketones (excluding diaryl/α,β-unsaturated/α-hetero) is 1. The highest BCUT2D eigenvalue weighted by Crippen LogP contribution is 2.57. The second-order valence-corrected chi connectivity index (χ2v) is 15.4. The lowest BCUT2D eigenvalue weighted by molar-refractivity contribution is -0.152. The number of carbonyl (C=O) groups excluding carboxylic acids is 4. The fraction of sp³-hybridized carbons (Fsp3) is 0.550. The molecule has 3 heterocycles. The van der Waals surface area contributed by atoms with Crippen LogP contribution >= 0.6 is 0 Å². The van der Waals surface area contributed by atoms with Crippen LogP contribution in [0, 0.1) is 17.2 Å². The molecule has 3 aliphatic heterocycles. The van der Waals surface area contributed by atoms with Crippen LogP contribution < -0.4 is 5.32 Å². The van der Waals surface area contributed by atoms with Crippen LogP contribution in [0.25, 0.3) is 0 Å². The predicted octanol–water partition coefficient (Wildman–Crippen LogP) is 7.07. The SMILES string of the molecule is CCOC(=O)[C@]12CC(=O)[C@@H]3C[C@@H](OC(=O)N4Cc5cccc(F)c5C4)CN3C(=O)[C@@H](Nc3cccc(C(C)(C)C)c3)CCCCC/C=C\[C@H]1C2. The number of esters is 1. The number of benzene rings is 2. The molecule has 0 bridgehead atoms. The minimum Gasteiger partial charge on any atom is -0.466 e. The molecule has 4 aliphatic rings. The van der Waals surface area contributed by atoms with Crippen molar-refractivity contribution in [2.75, 3.05) is 18.5 Å². The lowest BCUT2D eigenvalue weighted by Gasteiger charge is -2.30. The van der Waals surface area contributed by atoms with Crippen LogP contribution in [-0.2, 0) is 42.4 Å². The van der Waals surface area contributed by atoms with E-state index in [-0.39, 0.29) is 73.9 Å². The van der Waals surface area contributed by atoms with Crippen molar-refractivity contribution in [2.24, 2.45) is 11.3 Å². The third-order valence-corrected chi connectivity index (χ3v) is 10.8. The maximum Gasteiger partial charge on any atom is 0.410 e. The summed E-state index contributed by atoms with van der Waals surface area (Å²) < 4.78 is 25.9. The van der Waals surface area contributed by atoms with Gasteiger partial charge in [-0.15, -0.1) is 0 Å². The Hall–Kier alpha value is -4.21. The first-order chi connectivity index (χ1) is 23.9. The normalized spacial score (nSPS) is 27.7. The Labute approximate surface area is 294 Å².